The summed E-state index contributed by atoms with van der Waals surface area (Å²) in [6.07, 6.45) is 2.50. The molecule has 1 aliphatic heterocycles. The first-order valence-corrected chi connectivity index (χ1v) is 7.99. The molecule has 18 heavy (non-hydrogen) atoms. The van der Waals surface area contributed by atoms with Gasteiger partial charge < -0.3 is 10.1 Å². The topological polar surface area (TPSA) is 33.6 Å². The van der Waals surface area contributed by atoms with Crippen LogP contribution >= 0.6 is 11.8 Å². The first-order valence-electron chi connectivity index (χ1n) is 7.11. The predicted octanol–water partition coefficient (Wildman–Crippen LogP) is 3.30. The molecule has 1 heterocycles. The van der Waals surface area contributed by atoms with Crippen LogP contribution < -0.4 is 5.32 Å². The van der Waals surface area contributed by atoms with E-state index < -0.39 is 0 Å². The third-order valence-corrected chi connectivity index (χ3v) is 4.79. The Morgan fingerprint density at radius 1 is 1.39 bits per heavy atom. The van der Waals surface area contributed by atoms with Crippen LogP contribution in [0.1, 0.15) is 47.5 Å². The van der Waals surface area contributed by atoms with Gasteiger partial charge in [0.1, 0.15) is 0 Å². The molecule has 0 aliphatic carbocycles. The second kappa shape index (κ2) is 7.39. The van der Waals surface area contributed by atoms with Gasteiger partial charge in [0.2, 0.25) is 0 Å². The van der Waals surface area contributed by atoms with E-state index in [2.05, 4.69) is 38.0 Å². The Bertz CT molecular complexity index is 275. The van der Waals surface area contributed by atoms with Gasteiger partial charge in [-0.3, -0.25) is 4.99 Å². The van der Waals surface area contributed by atoms with E-state index in [9.17, 15) is 0 Å². The molecular weight excluding hydrogens is 244 g/mol. The van der Waals surface area contributed by atoms with E-state index in [1.807, 2.05) is 18.7 Å². The maximum Gasteiger partial charge on any atom is 0.157 e. The highest BCUT2D eigenvalue weighted by Crippen LogP contribution is 2.30. The van der Waals surface area contributed by atoms with Crippen LogP contribution in [-0.4, -0.2) is 35.7 Å². The molecule has 0 aromatic carbocycles. The summed E-state index contributed by atoms with van der Waals surface area (Å²) in [6, 6.07) is 0. The van der Waals surface area contributed by atoms with Crippen LogP contribution in [0.2, 0.25) is 0 Å². The number of rotatable bonds is 7. The molecular formula is C14H28N2OS. The number of aliphatic imine (C=N–C) groups is 1. The zero-order chi connectivity index (χ0) is 13.6. The highest BCUT2D eigenvalue weighted by atomic mass is 32.2. The highest BCUT2D eigenvalue weighted by molar-refractivity contribution is 8.14. The van der Waals surface area contributed by atoms with E-state index in [1.165, 1.54) is 12.8 Å². The Labute approximate surface area is 116 Å². The lowest BCUT2D eigenvalue weighted by atomic mass is 9.99. The SMILES string of the molecule is CCOC(C)(C)CNC1=NCC(C(CC)CC)S1. The Morgan fingerprint density at radius 2 is 2.06 bits per heavy atom. The lowest BCUT2D eigenvalue weighted by molar-refractivity contribution is -0.00556. The van der Waals surface area contributed by atoms with Gasteiger partial charge in [0.15, 0.2) is 5.17 Å². The number of nitrogens with zero attached hydrogens (tertiary/aromatic N) is 1. The summed E-state index contributed by atoms with van der Waals surface area (Å²) >= 11 is 1.91. The van der Waals surface area contributed by atoms with Crippen molar-refractivity contribution in [3.63, 3.8) is 0 Å². The number of thioether (sulfide) groups is 1. The molecule has 3 nitrogen and oxygen atoms in total. The van der Waals surface area contributed by atoms with Gasteiger partial charge >= 0.3 is 0 Å². The largest absolute Gasteiger partial charge is 0.374 e. The minimum Gasteiger partial charge on any atom is -0.374 e. The van der Waals surface area contributed by atoms with Gasteiger partial charge in [-0.15, -0.1) is 0 Å². The number of hydrogen-bond acceptors (Lipinski definition) is 4. The van der Waals surface area contributed by atoms with Crippen molar-refractivity contribution in [2.45, 2.75) is 58.3 Å². The molecule has 1 N–H and O–H groups in total. The molecule has 0 radical (unpaired) electrons. The first-order chi connectivity index (χ1) is 8.52. The van der Waals surface area contributed by atoms with Crippen LogP contribution in [0.25, 0.3) is 0 Å². The fraction of sp³-hybridized carbons (Fsp3) is 0.929. The van der Waals surface area contributed by atoms with Crippen molar-refractivity contribution in [3.8, 4) is 0 Å². The molecule has 1 aliphatic rings. The number of ether oxygens (including phenoxy) is 1. The van der Waals surface area contributed by atoms with E-state index in [1.54, 1.807) is 0 Å². The van der Waals surface area contributed by atoms with Crippen LogP contribution in [-0.2, 0) is 4.74 Å². The van der Waals surface area contributed by atoms with Gasteiger partial charge in [0.25, 0.3) is 0 Å². The number of amidine groups is 1. The van der Waals surface area contributed by atoms with Crippen molar-refractivity contribution < 1.29 is 4.74 Å². The standard InChI is InChI=1S/C14H28N2OS/c1-6-11(7-2)12-9-15-13(18-12)16-10-14(4,5)17-8-3/h11-12H,6-10H2,1-5H3,(H,15,16). The zero-order valence-corrected chi connectivity index (χ0v) is 13.3. The maximum absolute atomic E-state index is 5.68. The smallest absolute Gasteiger partial charge is 0.157 e. The van der Waals surface area contributed by atoms with E-state index in [-0.39, 0.29) is 5.60 Å². The minimum absolute atomic E-state index is 0.120. The summed E-state index contributed by atoms with van der Waals surface area (Å²) in [5.74, 6) is 0.790. The lowest BCUT2D eigenvalue weighted by Gasteiger charge is -2.25. The van der Waals surface area contributed by atoms with E-state index >= 15 is 0 Å². The first kappa shape index (κ1) is 15.8. The third-order valence-electron chi connectivity index (χ3n) is 3.45. The zero-order valence-electron chi connectivity index (χ0n) is 12.5. The van der Waals surface area contributed by atoms with Crippen LogP contribution in [0.3, 0.4) is 0 Å². The second-order valence-electron chi connectivity index (χ2n) is 5.42. The average molecular weight is 272 g/mol. The van der Waals surface area contributed by atoms with Crippen molar-refractivity contribution in [3.05, 3.63) is 0 Å². The van der Waals surface area contributed by atoms with Crippen molar-refractivity contribution in [1.29, 1.82) is 0 Å². The quantitative estimate of drug-likeness (QED) is 0.772. The van der Waals surface area contributed by atoms with Crippen molar-refractivity contribution in [2.24, 2.45) is 10.9 Å². The molecule has 0 spiro atoms. The Kier molecular flexibility index (Phi) is 6.50. The summed E-state index contributed by atoms with van der Waals surface area (Å²) in [6.45, 7) is 13.4. The van der Waals surface area contributed by atoms with E-state index in [4.69, 9.17) is 4.74 Å². The van der Waals surface area contributed by atoms with Gasteiger partial charge in [0.05, 0.1) is 12.1 Å². The number of hydrogen-bond donors (Lipinski definition) is 1. The van der Waals surface area contributed by atoms with E-state index in [0.29, 0.717) is 5.25 Å². The van der Waals surface area contributed by atoms with Crippen LogP contribution in [0, 0.1) is 5.92 Å². The van der Waals surface area contributed by atoms with Crippen LogP contribution in [0.5, 0.6) is 0 Å². The second-order valence-corrected chi connectivity index (χ2v) is 6.65. The monoisotopic (exact) mass is 272 g/mol. The molecule has 0 fully saturated rings. The number of nitrogens with one attached hydrogen (secondary N) is 1. The van der Waals surface area contributed by atoms with Gasteiger partial charge in [-0.05, 0) is 26.7 Å². The highest BCUT2D eigenvalue weighted by Gasteiger charge is 2.27. The Morgan fingerprint density at radius 3 is 2.61 bits per heavy atom. The fourth-order valence-corrected chi connectivity index (χ4v) is 3.60. The molecule has 4 heteroatoms. The molecule has 0 saturated heterocycles. The minimum atomic E-state index is -0.120. The fourth-order valence-electron chi connectivity index (χ4n) is 2.28. The molecule has 106 valence electrons. The normalized spacial score (nSPS) is 20.3. The molecule has 0 saturated carbocycles. The molecule has 0 bridgehead atoms. The molecule has 0 aromatic heterocycles. The molecule has 0 amide bonds. The van der Waals surface area contributed by atoms with Crippen molar-refractivity contribution in [1.82, 2.24) is 5.32 Å². The maximum atomic E-state index is 5.68. The van der Waals surface area contributed by atoms with Crippen LogP contribution in [0.4, 0.5) is 0 Å². The molecule has 0 aromatic rings. The lowest BCUT2D eigenvalue weighted by Crippen LogP contribution is -2.39. The van der Waals surface area contributed by atoms with Gasteiger partial charge in [-0.1, -0.05) is 38.5 Å². The summed E-state index contributed by atoms with van der Waals surface area (Å²) in [4.78, 5) is 4.61. The van der Waals surface area contributed by atoms with Crippen molar-refractivity contribution in [2.75, 3.05) is 19.7 Å². The molecule has 1 unspecified atom stereocenters. The van der Waals surface area contributed by atoms with Gasteiger partial charge in [-0.25, -0.2) is 0 Å². The van der Waals surface area contributed by atoms with Gasteiger partial charge in [-0.2, -0.15) is 0 Å². The average Bonchev–Trinajstić information content (AvgIpc) is 2.77. The Hall–Kier alpha value is -0.220. The Balaban J connectivity index is 2.34. The summed E-state index contributed by atoms with van der Waals surface area (Å²) < 4.78 is 5.68. The third kappa shape index (κ3) is 4.81. The van der Waals surface area contributed by atoms with Gasteiger partial charge in [0, 0.05) is 18.4 Å². The van der Waals surface area contributed by atoms with Crippen LogP contribution in [0.15, 0.2) is 4.99 Å². The summed E-state index contributed by atoms with van der Waals surface area (Å²) in [7, 11) is 0. The summed E-state index contributed by atoms with van der Waals surface area (Å²) in [5.41, 5.74) is -0.120. The molecule has 1 rings (SSSR count). The van der Waals surface area contributed by atoms with E-state index in [0.717, 1.165) is 30.8 Å². The van der Waals surface area contributed by atoms with Crippen molar-refractivity contribution >= 4 is 16.9 Å². The predicted molar refractivity (Wildman–Crippen MR) is 81.5 cm³/mol. The summed E-state index contributed by atoms with van der Waals surface area (Å²) in [5, 5.41) is 5.19. The molecule has 1 atom stereocenters.